The third kappa shape index (κ3) is 7.35. The van der Waals surface area contributed by atoms with Crippen molar-refractivity contribution in [2.24, 2.45) is 0 Å². The van der Waals surface area contributed by atoms with Gasteiger partial charge in [0.15, 0.2) is 11.6 Å². The maximum Gasteiger partial charge on any atom is 0.417 e. The molecule has 2 saturated heterocycles. The zero-order valence-electron chi connectivity index (χ0n) is 26.1. The summed E-state index contributed by atoms with van der Waals surface area (Å²) in [4.78, 5) is 25.2. The zero-order valence-corrected chi connectivity index (χ0v) is 26.9. The fraction of sp³-hybridized carbons (Fsp3) is 0.400. The first-order valence-electron chi connectivity index (χ1n) is 15.1. The van der Waals surface area contributed by atoms with Crippen LogP contribution in [0, 0.1) is 12.7 Å². The number of alkyl halides is 3. The van der Waals surface area contributed by atoms with Gasteiger partial charge in [-0.1, -0.05) is 0 Å². The smallest absolute Gasteiger partial charge is 0.378 e. The molecule has 0 aliphatic carbocycles. The Morgan fingerprint density at radius 1 is 1.00 bits per heavy atom. The van der Waals surface area contributed by atoms with E-state index in [1.54, 1.807) is 4.52 Å². The van der Waals surface area contributed by atoms with Crippen LogP contribution in [0.2, 0.25) is 0 Å². The minimum Gasteiger partial charge on any atom is -0.378 e. The summed E-state index contributed by atoms with van der Waals surface area (Å²) >= 11 is 0. The third-order valence-corrected chi connectivity index (χ3v) is 9.56. The molecule has 4 aromatic rings. The number of piperazine rings is 1. The highest BCUT2D eigenvalue weighted by Crippen LogP contribution is 2.38. The van der Waals surface area contributed by atoms with E-state index in [2.05, 4.69) is 30.6 Å². The summed E-state index contributed by atoms with van der Waals surface area (Å²) in [6, 6.07) is 6.64. The summed E-state index contributed by atoms with van der Waals surface area (Å²) in [5.74, 6) is -0.649. The van der Waals surface area contributed by atoms with Crippen molar-refractivity contribution in [3.63, 3.8) is 0 Å². The van der Waals surface area contributed by atoms with E-state index in [1.807, 2.05) is 17.9 Å². The fourth-order valence-electron chi connectivity index (χ4n) is 5.70. The highest BCUT2D eigenvalue weighted by molar-refractivity contribution is 7.88. The molecular weight excluding hydrogens is 658 g/mol. The summed E-state index contributed by atoms with van der Waals surface area (Å²) in [6.07, 6.45) is -2.69. The van der Waals surface area contributed by atoms with Crippen molar-refractivity contribution >= 4 is 38.9 Å². The van der Waals surface area contributed by atoms with Crippen LogP contribution in [0.15, 0.2) is 42.6 Å². The van der Waals surface area contributed by atoms with E-state index >= 15 is 0 Å². The Morgan fingerprint density at radius 3 is 2.33 bits per heavy atom. The van der Waals surface area contributed by atoms with Crippen molar-refractivity contribution < 1.29 is 35.5 Å². The molecule has 48 heavy (non-hydrogen) atoms. The van der Waals surface area contributed by atoms with Crippen LogP contribution in [0.1, 0.15) is 16.8 Å². The van der Waals surface area contributed by atoms with Gasteiger partial charge in [0.05, 0.1) is 30.6 Å². The molecule has 18 heteroatoms. The number of aromatic nitrogens is 4. The number of fused-ring (bicyclic) bond motifs is 1. The monoisotopic (exact) mass is 691 g/mol. The number of rotatable bonds is 7. The topological polar surface area (TPSA) is 137 Å². The van der Waals surface area contributed by atoms with Crippen LogP contribution in [0.5, 0.6) is 0 Å². The Hall–Kier alpha value is -4.39. The maximum absolute atomic E-state index is 14.5. The Labute approximate surface area is 273 Å². The first-order chi connectivity index (χ1) is 22.8. The van der Waals surface area contributed by atoms with Crippen LogP contribution in [-0.2, 0) is 27.5 Å². The predicted octanol–water partition coefficient (Wildman–Crippen LogP) is 3.82. The largest absolute Gasteiger partial charge is 0.417 e. The molecule has 2 aliphatic heterocycles. The van der Waals surface area contributed by atoms with Crippen molar-refractivity contribution in [2.75, 3.05) is 74.3 Å². The minimum absolute atomic E-state index is 0.210. The molecule has 0 radical (unpaired) electrons. The number of carbonyl (C=O) groups excluding carboxylic acids is 1. The lowest BCUT2D eigenvalue weighted by atomic mass is 10.1. The first-order valence-corrected chi connectivity index (χ1v) is 16.9. The molecule has 0 spiro atoms. The molecule has 2 aliphatic rings. The number of pyridine rings is 1. The first kappa shape index (κ1) is 33.5. The molecule has 1 aromatic carbocycles. The number of nitrogens with one attached hydrogen (secondary N) is 2. The van der Waals surface area contributed by atoms with Gasteiger partial charge in [-0.3, -0.25) is 10.2 Å². The minimum atomic E-state index is -4.86. The van der Waals surface area contributed by atoms with Gasteiger partial charge < -0.3 is 15.0 Å². The number of hydrogen-bond acceptors (Lipinski definition) is 9. The normalized spacial score (nSPS) is 16.8. The molecule has 5 heterocycles. The summed E-state index contributed by atoms with van der Waals surface area (Å²) in [7, 11) is -3.29. The van der Waals surface area contributed by atoms with Crippen LogP contribution < -0.4 is 15.5 Å². The van der Waals surface area contributed by atoms with Gasteiger partial charge in [0.25, 0.3) is 0 Å². The Bertz CT molecular complexity index is 1920. The number of morpholine rings is 1. The van der Waals surface area contributed by atoms with Crippen LogP contribution in [-0.4, -0.2) is 102 Å². The second-order valence-electron chi connectivity index (χ2n) is 11.5. The number of aryl methyl sites for hydroxylation is 1. The van der Waals surface area contributed by atoms with E-state index in [0.29, 0.717) is 82.1 Å². The van der Waals surface area contributed by atoms with Gasteiger partial charge in [0, 0.05) is 63.4 Å². The fourth-order valence-corrected chi connectivity index (χ4v) is 6.53. The van der Waals surface area contributed by atoms with Gasteiger partial charge in [-0.05, 0) is 48.9 Å². The van der Waals surface area contributed by atoms with Gasteiger partial charge in [-0.25, -0.2) is 32.1 Å². The maximum atomic E-state index is 14.5. The van der Waals surface area contributed by atoms with E-state index in [1.165, 1.54) is 22.7 Å². The number of urea groups is 1. The molecule has 2 fully saturated rings. The molecule has 6 rings (SSSR count). The molecule has 0 unspecified atom stereocenters. The number of hydrogen-bond donors (Lipinski definition) is 2. The van der Waals surface area contributed by atoms with Crippen molar-refractivity contribution in [2.45, 2.75) is 19.6 Å². The highest BCUT2D eigenvalue weighted by Gasteiger charge is 2.36. The summed E-state index contributed by atoms with van der Waals surface area (Å²) in [5, 5.41) is 9.26. The predicted molar refractivity (Wildman–Crippen MR) is 170 cm³/mol. The number of benzene rings is 1. The van der Waals surface area contributed by atoms with E-state index in [-0.39, 0.29) is 22.9 Å². The molecule has 3 aromatic heterocycles. The van der Waals surface area contributed by atoms with Gasteiger partial charge in [-0.2, -0.15) is 17.5 Å². The lowest BCUT2D eigenvalue weighted by Crippen LogP contribution is -2.47. The van der Waals surface area contributed by atoms with E-state index in [0.717, 1.165) is 23.9 Å². The Morgan fingerprint density at radius 2 is 1.69 bits per heavy atom. The second-order valence-corrected chi connectivity index (χ2v) is 13.5. The standard InChI is InChI=1S/C30H33F4N9O4S/c1-19-20(18-40-7-9-42(10-8-40)48(2,45)46)15-25-28(41-11-13-47-14-12-41)38-27(39-43(19)25)23-17-35-26(16-24(23)30(32,33)34)37-29(44)36-22-5-3-21(31)4-6-22/h3-6,15-17H,7-14,18H2,1-2H3,(H2,35,36,37,44). The molecule has 2 N–H and O–H groups in total. The van der Waals surface area contributed by atoms with E-state index in [4.69, 9.17) is 4.74 Å². The van der Waals surface area contributed by atoms with Crippen LogP contribution >= 0.6 is 0 Å². The zero-order chi connectivity index (χ0) is 34.2. The number of anilines is 3. The van der Waals surface area contributed by atoms with Crippen molar-refractivity contribution in [1.82, 2.24) is 28.8 Å². The molecule has 0 saturated carbocycles. The van der Waals surface area contributed by atoms with Gasteiger partial charge in [0.1, 0.15) is 17.2 Å². The molecule has 256 valence electrons. The van der Waals surface area contributed by atoms with Crippen molar-refractivity contribution in [3.05, 3.63) is 65.2 Å². The van der Waals surface area contributed by atoms with Gasteiger partial charge >= 0.3 is 12.2 Å². The number of sulfonamides is 1. The van der Waals surface area contributed by atoms with Crippen LogP contribution in [0.3, 0.4) is 0 Å². The molecular formula is C30H33F4N9O4S. The average Bonchev–Trinajstić information content (AvgIpc) is 3.36. The third-order valence-electron chi connectivity index (χ3n) is 8.26. The quantitative estimate of drug-likeness (QED) is 0.277. The molecule has 0 bridgehead atoms. The van der Waals surface area contributed by atoms with E-state index < -0.39 is 33.6 Å². The lowest BCUT2D eigenvalue weighted by Gasteiger charge is -2.33. The highest BCUT2D eigenvalue weighted by atomic mass is 32.2. The van der Waals surface area contributed by atoms with Crippen LogP contribution in [0.25, 0.3) is 16.9 Å². The summed E-state index contributed by atoms with van der Waals surface area (Å²) in [5.41, 5.74) is 0.943. The van der Waals surface area contributed by atoms with Gasteiger partial charge in [0.2, 0.25) is 10.0 Å². The summed E-state index contributed by atoms with van der Waals surface area (Å²) in [6.45, 7) is 5.84. The van der Waals surface area contributed by atoms with Crippen molar-refractivity contribution in [3.8, 4) is 11.4 Å². The van der Waals surface area contributed by atoms with Gasteiger partial charge in [-0.15, -0.1) is 5.10 Å². The Kier molecular flexibility index (Phi) is 9.25. The SMILES string of the molecule is Cc1c(CN2CCN(S(C)(=O)=O)CC2)cc2c(N3CCOCC3)nc(-c3cnc(NC(=O)Nc4ccc(F)cc4)cc3C(F)(F)F)nn12. The number of ether oxygens (including phenoxy) is 1. The number of carbonyl (C=O) groups is 1. The lowest BCUT2D eigenvalue weighted by molar-refractivity contribution is -0.137. The number of amides is 2. The number of halogens is 4. The molecule has 2 amide bonds. The molecule has 13 nitrogen and oxygen atoms in total. The van der Waals surface area contributed by atoms with Crippen molar-refractivity contribution in [1.29, 1.82) is 0 Å². The van der Waals surface area contributed by atoms with E-state index in [9.17, 15) is 30.8 Å². The summed E-state index contributed by atoms with van der Waals surface area (Å²) < 4.78 is 89.2. The molecule has 0 atom stereocenters. The average molecular weight is 692 g/mol. The van der Waals surface area contributed by atoms with Crippen LogP contribution in [0.4, 0.5) is 39.7 Å². The number of nitrogens with zero attached hydrogens (tertiary/aromatic N) is 7. The second kappa shape index (κ2) is 13.3. The Balaban J connectivity index is 1.34.